The summed E-state index contributed by atoms with van der Waals surface area (Å²) in [5.41, 5.74) is 0.121. The maximum Gasteiger partial charge on any atom is 0.262 e. The molecular formula is C18H21FN2O3S. The van der Waals surface area contributed by atoms with Crippen LogP contribution in [0.15, 0.2) is 53.4 Å². The summed E-state index contributed by atoms with van der Waals surface area (Å²) in [7, 11) is -2.33. The summed E-state index contributed by atoms with van der Waals surface area (Å²) in [4.78, 5) is 13.9. The van der Waals surface area contributed by atoms with E-state index in [-0.39, 0.29) is 22.1 Å². The minimum absolute atomic E-state index is 0.0976. The molecule has 0 atom stereocenters. The predicted molar refractivity (Wildman–Crippen MR) is 95.4 cm³/mol. The van der Waals surface area contributed by atoms with Gasteiger partial charge in [0.1, 0.15) is 5.82 Å². The van der Waals surface area contributed by atoms with Gasteiger partial charge in [0.25, 0.3) is 15.9 Å². The number of rotatable bonds is 6. The zero-order valence-electron chi connectivity index (χ0n) is 14.4. The Hall–Kier alpha value is -2.41. The van der Waals surface area contributed by atoms with E-state index in [9.17, 15) is 17.6 Å². The van der Waals surface area contributed by atoms with Gasteiger partial charge >= 0.3 is 0 Å². The topological polar surface area (TPSA) is 66.5 Å². The van der Waals surface area contributed by atoms with Gasteiger partial charge in [0.2, 0.25) is 0 Å². The van der Waals surface area contributed by atoms with Crippen molar-refractivity contribution in [3.8, 4) is 0 Å². The molecule has 7 heteroatoms. The second-order valence-corrected chi connectivity index (χ2v) is 7.88. The second kappa shape index (κ2) is 7.65. The summed E-state index contributed by atoms with van der Waals surface area (Å²) < 4.78 is 40.8. The molecule has 5 nitrogen and oxygen atoms in total. The number of hydrogen-bond acceptors (Lipinski definition) is 3. The molecule has 0 unspecified atom stereocenters. The van der Waals surface area contributed by atoms with Gasteiger partial charge in [-0.25, -0.2) is 12.8 Å². The molecule has 2 rings (SSSR count). The van der Waals surface area contributed by atoms with Crippen LogP contribution in [0.2, 0.25) is 0 Å². The molecule has 2 aromatic carbocycles. The number of sulfonamides is 1. The van der Waals surface area contributed by atoms with E-state index < -0.39 is 15.8 Å². The largest absolute Gasteiger partial charge is 0.341 e. The fraction of sp³-hybridized carbons (Fsp3) is 0.278. The number of halogens is 1. The predicted octanol–water partition coefficient (Wildman–Crippen LogP) is 3.35. The third kappa shape index (κ3) is 4.79. The van der Waals surface area contributed by atoms with Gasteiger partial charge in [-0.15, -0.1) is 0 Å². The van der Waals surface area contributed by atoms with Crippen molar-refractivity contribution in [1.29, 1.82) is 0 Å². The summed E-state index contributed by atoms with van der Waals surface area (Å²) in [5.74, 6) is -0.643. The van der Waals surface area contributed by atoms with Crippen LogP contribution in [0, 0.1) is 11.7 Å². The molecule has 0 saturated heterocycles. The number of hydrogen-bond donors (Lipinski definition) is 1. The highest BCUT2D eigenvalue weighted by molar-refractivity contribution is 7.92. The molecule has 0 aromatic heterocycles. The van der Waals surface area contributed by atoms with Crippen LogP contribution in [0.1, 0.15) is 24.2 Å². The number of nitrogens with zero attached hydrogens (tertiary/aromatic N) is 1. The van der Waals surface area contributed by atoms with Crippen LogP contribution in [-0.2, 0) is 10.0 Å². The number of carbonyl (C=O) groups excluding carboxylic acids is 1. The molecule has 0 aliphatic carbocycles. The standard InChI is InChI=1S/C18H21FN2O3S/c1-13(2)12-21(3)18(22)14-7-6-8-15(11-14)25(23,24)20-17-10-5-4-9-16(17)19/h4-11,13,20H,12H2,1-3H3. The summed E-state index contributed by atoms with van der Waals surface area (Å²) in [6.07, 6.45) is 0. The SMILES string of the molecule is CC(C)CN(C)C(=O)c1cccc(S(=O)(=O)Nc2ccccc2F)c1. The van der Waals surface area contributed by atoms with Crippen molar-refractivity contribution >= 4 is 21.6 Å². The van der Waals surface area contributed by atoms with Crippen LogP contribution in [0.5, 0.6) is 0 Å². The van der Waals surface area contributed by atoms with Crippen LogP contribution in [0.4, 0.5) is 10.1 Å². The van der Waals surface area contributed by atoms with E-state index in [1.54, 1.807) is 18.0 Å². The Morgan fingerprint density at radius 2 is 1.84 bits per heavy atom. The third-order valence-electron chi connectivity index (χ3n) is 3.50. The first kappa shape index (κ1) is 18.9. The molecule has 0 spiro atoms. The van der Waals surface area contributed by atoms with Crippen LogP contribution < -0.4 is 4.72 Å². The molecule has 1 amide bonds. The third-order valence-corrected chi connectivity index (χ3v) is 4.86. The molecular weight excluding hydrogens is 343 g/mol. The van der Waals surface area contributed by atoms with Crippen molar-refractivity contribution in [2.75, 3.05) is 18.3 Å². The Labute approximate surface area is 147 Å². The average molecular weight is 364 g/mol. The van der Waals surface area contributed by atoms with E-state index in [0.29, 0.717) is 12.5 Å². The highest BCUT2D eigenvalue weighted by Gasteiger charge is 2.19. The first-order valence-electron chi connectivity index (χ1n) is 7.83. The summed E-state index contributed by atoms with van der Waals surface area (Å²) in [5, 5.41) is 0. The van der Waals surface area contributed by atoms with Crippen LogP contribution in [0.25, 0.3) is 0 Å². The maximum absolute atomic E-state index is 13.7. The minimum atomic E-state index is -4.00. The Morgan fingerprint density at radius 3 is 2.48 bits per heavy atom. The number of para-hydroxylation sites is 1. The molecule has 134 valence electrons. The first-order chi connectivity index (χ1) is 11.7. The van der Waals surface area contributed by atoms with Crippen molar-refractivity contribution in [3.05, 3.63) is 59.9 Å². The number of benzene rings is 2. The van der Waals surface area contributed by atoms with Gasteiger partial charge in [0.05, 0.1) is 10.6 Å². The Kier molecular flexibility index (Phi) is 5.79. The van der Waals surface area contributed by atoms with Crippen LogP contribution in [-0.4, -0.2) is 32.8 Å². The van der Waals surface area contributed by atoms with Crippen molar-refractivity contribution < 1.29 is 17.6 Å². The summed E-state index contributed by atoms with van der Waals surface area (Å²) in [6.45, 7) is 4.54. The highest BCUT2D eigenvalue weighted by Crippen LogP contribution is 2.20. The van der Waals surface area contributed by atoms with Gasteiger partial charge in [0, 0.05) is 19.2 Å². The van der Waals surface area contributed by atoms with Crippen LogP contribution in [0.3, 0.4) is 0 Å². The summed E-state index contributed by atoms with van der Waals surface area (Å²) in [6, 6.07) is 11.2. The minimum Gasteiger partial charge on any atom is -0.341 e. The number of amides is 1. The zero-order chi connectivity index (χ0) is 18.6. The van der Waals surface area contributed by atoms with Gasteiger partial charge in [-0.2, -0.15) is 0 Å². The van der Waals surface area contributed by atoms with Gasteiger partial charge in [-0.1, -0.05) is 32.0 Å². The molecule has 25 heavy (non-hydrogen) atoms. The van der Waals surface area contributed by atoms with Crippen molar-refractivity contribution in [2.24, 2.45) is 5.92 Å². The van der Waals surface area contributed by atoms with Crippen molar-refractivity contribution in [1.82, 2.24) is 4.90 Å². The lowest BCUT2D eigenvalue weighted by atomic mass is 10.1. The number of nitrogens with one attached hydrogen (secondary N) is 1. The van der Waals surface area contributed by atoms with E-state index in [2.05, 4.69) is 4.72 Å². The quantitative estimate of drug-likeness (QED) is 0.855. The molecule has 0 saturated carbocycles. The molecule has 0 aliphatic rings. The monoisotopic (exact) mass is 364 g/mol. The molecule has 0 fully saturated rings. The zero-order valence-corrected chi connectivity index (χ0v) is 15.2. The fourth-order valence-corrected chi connectivity index (χ4v) is 3.51. The first-order valence-corrected chi connectivity index (χ1v) is 9.32. The van der Waals surface area contributed by atoms with E-state index in [4.69, 9.17) is 0 Å². The smallest absolute Gasteiger partial charge is 0.262 e. The maximum atomic E-state index is 13.7. The molecule has 1 N–H and O–H groups in total. The lowest BCUT2D eigenvalue weighted by molar-refractivity contribution is 0.0779. The Balaban J connectivity index is 2.28. The molecule has 0 radical (unpaired) electrons. The summed E-state index contributed by atoms with van der Waals surface area (Å²) >= 11 is 0. The molecule has 0 bridgehead atoms. The van der Waals surface area contributed by atoms with Gasteiger partial charge < -0.3 is 4.90 Å². The lowest BCUT2D eigenvalue weighted by Gasteiger charge is -2.19. The molecule has 2 aromatic rings. The molecule has 0 aliphatic heterocycles. The lowest BCUT2D eigenvalue weighted by Crippen LogP contribution is -2.30. The molecule has 0 heterocycles. The van der Waals surface area contributed by atoms with Crippen LogP contribution >= 0.6 is 0 Å². The normalized spacial score (nSPS) is 11.4. The Bertz CT molecular complexity index is 866. The van der Waals surface area contributed by atoms with E-state index in [1.807, 2.05) is 13.8 Å². The second-order valence-electron chi connectivity index (χ2n) is 6.19. The van der Waals surface area contributed by atoms with E-state index in [1.165, 1.54) is 42.5 Å². The number of anilines is 1. The highest BCUT2D eigenvalue weighted by atomic mass is 32.2. The fourth-order valence-electron chi connectivity index (χ4n) is 2.39. The van der Waals surface area contributed by atoms with Crippen molar-refractivity contribution in [3.63, 3.8) is 0 Å². The van der Waals surface area contributed by atoms with Gasteiger partial charge in [-0.3, -0.25) is 9.52 Å². The van der Waals surface area contributed by atoms with Gasteiger partial charge in [0.15, 0.2) is 0 Å². The number of carbonyl (C=O) groups is 1. The van der Waals surface area contributed by atoms with Crippen molar-refractivity contribution in [2.45, 2.75) is 18.7 Å². The van der Waals surface area contributed by atoms with E-state index in [0.717, 1.165) is 0 Å². The Morgan fingerprint density at radius 1 is 1.16 bits per heavy atom. The van der Waals surface area contributed by atoms with E-state index >= 15 is 0 Å². The van der Waals surface area contributed by atoms with Gasteiger partial charge in [-0.05, 0) is 36.2 Å². The average Bonchev–Trinajstić information content (AvgIpc) is 2.55.